The number of hydrogen-bond acceptors (Lipinski definition) is 6. The van der Waals surface area contributed by atoms with E-state index in [1.165, 1.54) is 6.42 Å². The Kier molecular flexibility index (Phi) is 4.35. The number of ketones is 1. The fourth-order valence-corrected chi connectivity index (χ4v) is 4.42. The number of amides is 3. The van der Waals surface area contributed by atoms with Gasteiger partial charge in [0.2, 0.25) is 0 Å². The monoisotopic (exact) mass is 409 g/mol. The normalized spacial score (nSPS) is 24.2. The van der Waals surface area contributed by atoms with Crippen LogP contribution in [0.2, 0.25) is 0 Å². The largest absolute Gasteiger partial charge is 0.497 e. The molecule has 5 rings (SSSR count). The summed E-state index contributed by atoms with van der Waals surface area (Å²) < 4.78 is 7.10. The van der Waals surface area contributed by atoms with Gasteiger partial charge in [-0.15, -0.1) is 0 Å². The van der Waals surface area contributed by atoms with Crippen molar-refractivity contribution in [2.24, 2.45) is 0 Å². The number of carbonyl (C=O) groups excluding carboxylic acids is 3. The molecular formula is C21H23N5O4. The predicted molar refractivity (Wildman–Crippen MR) is 106 cm³/mol. The third-order valence-corrected chi connectivity index (χ3v) is 6.32. The van der Waals surface area contributed by atoms with Crippen LogP contribution in [0.25, 0.3) is 0 Å². The maximum atomic E-state index is 12.9. The van der Waals surface area contributed by atoms with E-state index in [9.17, 15) is 14.4 Å². The van der Waals surface area contributed by atoms with Crippen LogP contribution in [-0.2, 0) is 16.9 Å². The Balaban J connectivity index is 1.45. The molecular weight excluding hydrogens is 386 g/mol. The third kappa shape index (κ3) is 2.97. The van der Waals surface area contributed by atoms with E-state index in [1.54, 1.807) is 19.4 Å². The number of ether oxygens (including phenoxy) is 1. The number of Topliss-reactive ketones (excluding diaryl/α,β-unsaturated/α-hetero) is 1. The minimum absolute atomic E-state index is 0.0415. The van der Waals surface area contributed by atoms with Crippen molar-refractivity contribution in [1.29, 1.82) is 0 Å². The first kappa shape index (κ1) is 18.8. The van der Waals surface area contributed by atoms with Crippen LogP contribution < -0.4 is 15.4 Å². The van der Waals surface area contributed by atoms with Gasteiger partial charge < -0.3 is 10.1 Å². The lowest BCUT2D eigenvalue weighted by Crippen LogP contribution is -2.54. The SMILES string of the molecule is COc1ccc2c(c1)C(=O)CN(C[C@@]1(c3cnn(C4CCC4)c3)NC(=O)NC1=O)C2. The van der Waals surface area contributed by atoms with Gasteiger partial charge in [0, 0.05) is 30.4 Å². The van der Waals surface area contributed by atoms with Crippen LogP contribution in [0.5, 0.6) is 5.75 Å². The first-order chi connectivity index (χ1) is 14.5. The van der Waals surface area contributed by atoms with Crippen molar-refractivity contribution in [3.05, 3.63) is 47.3 Å². The lowest BCUT2D eigenvalue weighted by Gasteiger charge is -2.35. The van der Waals surface area contributed by atoms with Crippen LogP contribution in [0.1, 0.15) is 46.8 Å². The molecule has 9 nitrogen and oxygen atoms in total. The van der Waals surface area contributed by atoms with Crippen molar-refractivity contribution in [2.75, 3.05) is 20.2 Å². The standard InChI is InChI=1S/C21H23N5O4/c1-30-16-6-5-13-9-25(11-18(27)17(13)7-16)12-21(19(28)23-20(29)24-21)14-8-22-26(10-14)15-3-2-4-15/h5-8,10,15H,2-4,9,11-12H2,1H3,(H2,23,24,28,29)/t21-/m0/s1. The molecule has 1 saturated heterocycles. The highest BCUT2D eigenvalue weighted by molar-refractivity contribution is 6.07. The smallest absolute Gasteiger partial charge is 0.322 e. The molecule has 3 amide bonds. The average Bonchev–Trinajstić information content (AvgIpc) is 3.25. The first-order valence-electron chi connectivity index (χ1n) is 10.1. The number of fused-ring (bicyclic) bond motifs is 1. The summed E-state index contributed by atoms with van der Waals surface area (Å²) in [7, 11) is 1.57. The zero-order chi connectivity index (χ0) is 20.9. The second kappa shape index (κ2) is 6.94. The van der Waals surface area contributed by atoms with Crippen molar-refractivity contribution < 1.29 is 19.1 Å². The summed E-state index contributed by atoms with van der Waals surface area (Å²) in [6, 6.07) is 5.24. The molecule has 1 aliphatic carbocycles. The van der Waals surface area contributed by atoms with E-state index < -0.39 is 17.5 Å². The Bertz CT molecular complexity index is 1040. The van der Waals surface area contributed by atoms with Gasteiger partial charge in [0.25, 0.3) is 5.91 Å². The lowest BCUT2D eigenvalue weighted by atomic mass is 9.89. The van der Waals surface area contributed by atoms with Gasteiger partial charge in [-0.1, -0.05) is 6.07 Å². The van der Waals surface area contributed by atoms with E-state index in [1.807, 2.05) is 27.9 Å². The number of urea groups is 1. The molecule has 0 radical (unpaired) electrons. The lowest BCUT2D eigenvalue weighted by molar-refractivity contribution is -0.125. The second-order valence-corrected chi connectivity index (χ2v) is 8.20. The Morgan fingerprint density at radius 3 is 2.73 bits per heavy atom. The molecule has 1 saturated carbocycles. The van der Waals surface area contributed by atoms with Crippen LogP contribution in [0.15, 0.2) is 30.6 Å². The molecule has 9 heteroatoms. The second-order valence-electron chi connectivity index (χ2n) is 8.20. The van der Waals surface area contributed by atoms with Gasteiger partial charge in [-0.3, -0.25) is 24.5 Å². The van der Waals surface area contributed by atoms with Crippen LogP contribution in [0, 0.1) is 0 Å². The maximum Gasteiger partial charge on any atom is 0.322 e. The summed E-state index contributed by atoms with van der Waals surface area (Å²) in [6.45, 7) is 0.826. The zero-order valence-corrected chi connectivity index (χ0v) is 16.7. The summed E-state index contributed by atoms with van der Waals surface area (Å²) in [4.78, 5) is 39.6. The molecule has 0 unspecified atom stereocenters. The highest BCUT2D eigenvalue weighted by Gasteiger charge is 2.50. The molecule has 3 aliphatic rings. The number of nitrogens with one attached hydrogen (secondary N) is 2. The van der Waals surface area contributed by atoms with E-state index in [2.05, 4.69) is 15.7 Å². The highest BCUT2D eigenvalue weighted by Crippen LogP contribution is 2.34. The molecule has 2 N–H and O–H groups in total. The highest BCUT2D eigenvalue weighted by atomic mass is 16.5. The molecule has 1 aromatic heterocycles. The van der Waals surface area contributed by atoms with Gasteiger partial charge in [-0.25, -0.2) is 4.79 Å². The van der Waals surface area contributed by atoms with Gasteiger partial charge in [-0.2, -0.15) is 5.10 Å². The number of hydrogen-bond donors (Lipinski definition) is 2. The number of rotatable bonds is 5. The molecule has 0 spiro atoms. The topological polar surface area (TPSA) is 106 Å². The Hall–Kier alpha value is -3.20. The van der Waals surface area contributed by atoms with Gasteiger partial charge in [0.15, 0.2) is 11.3 Å². The zero-order valence-electron chi connectivity index (χ0n) is 16.7. The van der Waals surface area contributed by atoms with E-state index in [4.69, 9.17) is 4.74 Å². The minimum Gasteiger partial charge on any atom is -0.497 e. The molecule has 3 heterocycles. The molecule has 156 valence electrons. The summed E-state index contributed by atoms with van der Waals surface area (Å²) in [6.07, 6.45) is 6.79. The maximum absolute atomic E-state index is 12.9. The fourth-order valence-electron chi connectivity index (χ4n) is 4.42. The van der Waals surface area contributed by atoms with Crippen molar-refractivity contribution in [3.8, 4) is 5.75 Å². The number of aromatic nitrogens is 2. The molecule has 2 aliphatic heterocycles. The van der Waals surface area contributed by atoms with Crippen LogP contribution in [0.3, 0.4) is 0 Å². The average molecular weight is 409 g/mol. The minimum atomic E-state index is -1.27. The van der Waals surface area contributed by atoms with Gasteiger partial charge in [-0.05, 0) is 37.0 Å². The van der Waals surface area contributed by atoms with Gasteiger partial charge in [0.1, 0.15) is 5.75 Å². The van der Waals surface area contributed by atoms with Gasteiger partial charge >= 0.3 is 6.03 Å². The Labute approximate surface area is 173 Å². The fraction of sp³-hybridized carbons (Fsp3) is 0.429. The molecule has 2 fully saturated rings. The third-order valence-electron chi connectivity index (χ3n) is 6.32. The van der Waals surface area contributed by atoms with Crippen LogP contribution >= 0.6 is 0 Å². The number of benzene rings is 1. The Morgan fingerprint density at radius 1 is 1.23 bits per heavy atom. The number of imide groups is 1. The summed E-state index contributed by atoms with van der Waals surface area (Å²) >= 11 is 0. The molecule has 2 aromatic rings. The van der Waals surface area contributed by atoms with Crippen LogP contribution in [0.4, 0.5) is 4.79 Å². The number of methoxy groups -OCH3 is 1. The van der Waals surface area contributed by atoms with Crippen molar-refractivity contribution in [3.63, 3.8) is 0 Å². The summed E-state index contributed by atoms with van der Waals surface area (Å²) in [5, 5.41) is 9.59. The van der Waals surface area contributed by atoms with E-state index in [0.29, 0.717) is 29.5 Å². The quantitative estimate of drug-likeness (QED) is 0.723. The summed E-state index contributed by atoms with van der Waals surface area (Å²) in [5.41, 5.74) is 0.865. The van der Waals surface area contributed by atoms with Crippen LogP contribution in [-0.4, -0.2) is 52.6 Å². The van der Waals surface area contributed by atoms with Crippen molar-refractivity contribution in [2.45, 2.75) is 37.4 Å². The molecule has 1 atom stereocenters. The van der Waals surface area contributed by atoms with E-state index in [0.717, 1.165) is 18.4 Å². The van der Waals surface area contributed by atoms with E-state index in [-0.39, 0.29) is 18.9 Å². The molecule has 1 aromatic carbocycles. The van der Waals surface area contributed by atoms with E-state index >= 15 is 0 Å². The summed E-state index contributed by atoms with van der Waals surface area (Å²) in [5.74, 6) is 0.173. The van der Waals surface area contributed by atoms with Gasteiger partial charge in [0.05, 0.1) is 25.9 Å². The molecule has 30 heavy (non-hydrogen) atoms. The number of carbonyl (C=O) groups is 3. The van der Waals surface area contributed by atoms with Crippen molar-refractivity contribution >= 4 is 17.7 Å². The Morgan fingerprint density at radius 2 is 2.07 bits per heavy atom. The first-order valence-corrected chi connectivity index (χ1v) is 10.1. The predicted octanol–water partition coefficient (Wildman–Crippen LogP) is 1.35. The van der Waals surface area contributed by atoms with Crippen molar-refractivity contribution in [1.82, 2.24) is 25.3 Å². The number of nitrogens with zero attached hydrogens (tertiary/aromatic N) is 3. The molecule has 0 bridgehead atoms.